The van der Waals surface area contributed by atoms with Crippen LogP contribution in [0.15, 0.2) is 0 Å². The number of hydrogen-bond donors (Lipinski definition) is 2. The standard InChI is InChI=1S/C18H35NO2/c1-14(19)9-17-5-7-18(12-17,8-6-17)13-21-11-15(20)10-16(2,3)4/h14-15,20H,5-13,19H2,1-4H3/t14-,15?,17?,18?/m0/s1. The van der Waals surface area contributed by atoms with Crippen molar-refractivity contribution in [1.82, 2.24) is 0 Å². The summed E-state index contributed by atoms with van der Waals surface area (Å²) in [6.45, 7) is 9.92. The molecule has 2 rings (SSSR count). The van der Waals surface area contributed by atoms with E-state index in [9.17, 15) is 5.11 Å². The van der Waals surface area contributed by atoms with Gasteiger partial charge in [0.05, 0.1) is 19.3 Å². The molecule has 2 aliphatic rings. The summed E-state index contributed by atoms with van der Waals surface area (Å²) in [6.07, 6.45) is 8.14. The molecule has 3 N–H and O–H groups in total. The zero-order valence-electron chi connectivity index (χ0n) is 14.5. The number of ether oxygens (including phenoxy) is 1. The molecule has 0 heterocycles. The second-order valence-electron chi connectivity index (χ2n) is 9.29. The van der Waals surface area contributed by atoms with Gasteiger partial charge in [0, 0.05) is 6.04 Å². The summed E-state index contributed by atoms with van der Waals surface area (Å²) in [5, 5.41) is 10.1. The van der Waals surface area contributed by atoms with Gasteiger partial charge < -0.3 is 15.6 Å². The topological polar surface area (TPSA) is 55.5 Å². The van der Waals surface area contributed by atoms with E-state index in [1.165, 1.54) is 38.5 Å². The SMILES string of the molecule is C[C@H](N)CC12CCC(COCC(O)CC(C)(C)C)(CC1)C2. The lowest BCUT2D eigenvalue weighted by Gasteiger charge is -2.29. The molecule has 2 saturated carbocycles. The Morgan fingerprint density at radius 1 is 1.14 bits per heavy atom. The number of nitrogens with two attached hydrogens (primary N) is 1. The predicted octanol–water partition coefficient (Wildman–Crippen LogP) is 3.49. The van der Waals surface area contributed by atoms with Crippen LogP contribution in [0.3, 0.4) is 0 Å². The summed E-state index contributed by atoms with van der Waals surface area (Å²) in [5.74, 6) is 0. The van der Waals surface area contributed by atoms with Gasteiger partial charge in [-0.3, -0.25) is 0 Å². The molecule has 0 saturated heterocycles. The van der Waals surface area contributed by atoms with Gasteiger partial charge in [-0.05, 0) is 68.1 Å². The molecule has 2 fully saturated rings. The van der Waals surface area contributed by atoms with Crippen LogP contribution < -0.4 is 5.73 Å². The van der Waals surface area contributed by atoms with Crippen molar-refractivity contribution < 1.29 is 9.84 Å². The number of rotatable bonds is 7. The van der Waals surface area contributed by atoms with Crippen molar-refractivity contribution in [2.24, 2.45) is 22.0 Å². The van der Waals surface area contributed by atoms with Crippen LogP contribution in [0.4, 0.5) is 0 Å². The highest BCUT2D eigenvalue weighted by molar-refractivity contribution is 5.05. The largest absolute Gasteiger partial charge is 0.391 e. The number of fused-ring (bicyclic) bond motifs is 2. The third-order valence-corrected chi connectivity index (χ3v) is 5.44. The quantitative estimate of drug-likeness (QED) is 0.756. The first-order chi connectivity index (χ1) is 9.64. The normalized spacial score (nSPS) is 35.1. The lowest BCUT2D eigenvalue weighted by atomic mass is 9.79. The summed E-state index contributed by atoms with van der Waals surface area (Å²) in [7, 11) is 0. The third kappa shape index (κ3) is 4.67. The van der Waals surface area contributed by atoms with Crippen molar-refractivity contribution in [2.75, 3.05) is 13.2 Å². The van der Waals surface area contributed by atoms with Crippen molar-refractivity contribution in [2.45, 2.75) is 84.8 Å². The molecule has 0 radical (unpaired) electrons. The molecule has 0 spiro atoms. The van der Waals surface area contributed by atoms with E-state index < -0.39 is 0 Å². The molecule has 3 nitrogen and oxygen atoms in total. The first kappa shape index (κ1) is 17.2. The smallest absolute Gasteiger partial charge is 0.0778 e. The Morgan fingerprint density at radius 2 is 1.71 bits per heavy atom. The molecule has 0 aliphatic heterocycles. The molecule has 1 unspecified atom stereocenters. The van der Waals surface area contributed by atoms with Gasteiger partial charge >= 0.3 is 0 Å². The zero-order chi connectivity index (χ0) is 15.7. The molecule has 124 valence electrons. The van der Waals surface area contributed by atoms with E-state index in [0.29, 0.717) is 23.5 Å². The summed E-state index contributed by atoms with van der Waals surface area (Å²) in [6, 6.07) is 0.313. The predicted molar refractivity (Wildman–Crippen MR) is 87.1 cm³/mol. The van der Waals surface area contributed by atoms with Crippen LogP contribution in [-0.2, 0) is 4.74 Å². The fourth-order valence-electron chi connectivity index (χ4n) is 4.79. The molecule has 0 aromatic rings. The van der Waals surface area contributed by atoms with Crippen molar-refractivity contribution in [3.63, 3.8) is 0 Å². The number of aliphatic hydroxyl groups is 1. The summed E-state index contributed by atoms with van der Waals surface area (Å²) >= 11 is 0. The van der Waals surface area contributed by atoms with Gasteiger partial charge in [-0.1, -0.05) is 20.8 Å². The summed E-state index contributed by atoms with van der Waals surface area (Å²) < 4.78 is 5.91. The van der Waals surface area contributed by atoms with E-state index >= 15 is 0 Å². The highest BCUT2D eigenvalue weighted by atomic mass is 16.5. The van der Waals surface area contributed by atoms with Gasteiger partial charge in [-0.2, -0.15) is 0 Å². The molecule has 0 aromatic heterocycles. The minimum atomic E-state index is -0.335. The van der Waals surface area contributed by atoms with Crippen LogP contribution in [0.1, 0.15) is 72.6 Å². The highest BCUT2D eigenvalue weighted by Crippen LogP contribution is 2.63. The van der Waals surface area contributed by atoms with Crippen LogP contribution in [-0.4, -0.2) is 30.5 Å². The Balaban J connectivity index is 1.75. The molecule has 2 aliphatic carbocycles. The van der Waals surface area contributed by atoms with E-state index in [2.05, 4.69) is 27.7 Å². The maximum atomic E-state index is 10.1. The van der Waals surface area contributed by atoms with Crippen LogP contribution in [0.2, 0.25) is 0 Å². The van der Waals surface area contributed by atoms with Crippen LogP contribution in [0, 0.1) is 16.2 Å². The van der Waals surface area contributed by atoms with Crippen molar-refractivity contribution >= 4 is 0 Å². The van der Waals surface area contributed by atoms with Crippen LogP contribution in [0.5, 0.6) is 0 Å². The lowest BCUT2D eigenvalue weighted by molar-refractivity contribution is -0.0176. The van der Waals surface area contributed by atoms with Gasteiger partial charge in [-0.15, -0.1) is 0 Å². The van der Waals surface area contributed by atoms with E-state index in [1.54, 1.807) is 0 Å². The fourth-order valence-corrected chi connectivity index (χ4v) is 4.79. The van der Waals surface area contributed by atoms with Gasteiger partial charge in [0.25, 0.3) is 0 Å². The molecule has 2 atom stereocenters. The average Bonchev–Trinajstić information content (AvgIpc) is 2.80. The molecular formula is C18H35NO2. The van der Waals surface area contributed by atoms with Gasteiger partial charge in [0.15, 0.2) is 0 Å². The number of aliphatic hydroxyl groups excluding tert-OH is 1. The van der Waals surface area contributed by atoms with Gasteiger partial charge in [0.2, 0.25) is 0 Å². The highest BCUT2D eigenvalue weighted by Gasteiger charge is 2.54. The Hall–Kier alpha value is -0.120. The van der Waals surface area contributed by atoms with Crippen LogP contribution >= 0.6 is 0 Å². The summed E-state index contributed by atoms with van der Waals surface area (Å²) in [4.78, 5) is 0. The number of hydrogen-bond acceptors (Lipinski definition) is 3. The second-order valence-corrected chi connectivity index (χ2v) is 9.29. The van der Waals surface area contributed by atoms with E-state index in [0.717, 1.165) is 13.0 Å². The van der Waals surface area contributed by atoms with Crippen molar-refractivity contribution in [3.05, 3.63) is 0 Å². The minimum Gasteiger partial charge on any atom is -0.391 e. The molecular weight excluding hydrogens is 262 g/mol. The Bertz CT molecular complexity index is 338. The third-order valence-electron chi connectivity index (χ3n) is 5.44. The lowest BCUT2D eigenvalue weighted by Crippen LogP contribution is -2.27. The maximum Gasteiger partial charge on any atom is 0.0778 e. The first-order valence-corrected chi connectivity index (χ1v) is 8.65. The Labute approximate surface area is 130 Å². The van der Waals surface area contributed by atoms with E-state index in [-0.39, 0.29) is 11.5 Å². The molecule has 21 heavy (non-hydrogen) atoms. The molecule has 3 heteroatoms. The van der Waals surface area contributed by atoms with Gasteiger partial charge in [-0.25, -0.2) is 0 Å². The van der Waals surface area contributed by atoms with E-state index in [4.69, 9.17) is 10.5 Å². The van der Waals surface area contributed by atoms with Gasteiger partial charge in [0.1, 0.15) is 0 Å². The van der Waals surface area contributed by atoms with Crippen molar-refractivity contribution in [1.29, 1.82) is 0 Å². The average molecular weight is 297 g/mol. The molecule has 2 bridgehead atoms. The minimum absolute atomic E-state index is 0.161. The van der Waals surface area contributed by atoms with Crippen molar-refractivity contribution in [3.8, 4) is 0 Å². The maximum absolute atomic E-state index is 10.1. The fraction of sp³-hybridized carbons (Fsp3) is 1.00. The van der Waals surface area contributed by atoms with Crippen LogP contribution in [0.25, 0.3) is 0 Å². The monoisotopic (exact) mass is 297 g/mol. The summed E-state index contributed by atoms with van der Waals surface area (Å²) in [5.41, 5.74) is 7.08. The second kappa shape index (κ2) is 6.17. The Morgan fingerprint density at radius 3 is 2.24 bits per heavy atom. The Kier molecular flexibility index (Phi) is 5.07. The van der Waals surface area contributed by atoms with E-state index in [1.807, 2.05) is 0 Å². The molecule has 0 amide bonds. The zero-order valence-corrected chi connectivity index (χ0v) is 14.5. The molecule has 0 aromatic carbocycles. The first-order valence-electron chi connectivity index (χ1n) is 8.65.